The summed E-state index contributed by atoms with van der Waals surface area (Å²) >= 11 is 0. The molecule has 2 amide bonds. The van der Waals surface area contributed by atoms with Gasteiger partial charge in [0.1, 0.15) is 0 Å². The van der Waals surface area contributed by atoms with Gasteiger partial charge in [-0.15, -0.1) is 0 Å². The van der Waals surface area contributed by atoms with Gasteiger partial charge in [0.2, 0.25) is 5.91 Å². The quantitative estimate of drug-likeness (QED) is 0.792. The van der Waals surface area contributed by atoms with E-state index in [1.54, 1.807) is 16.7 Å². The van der Waals surface area contributed by atoms with Crippen molar-refractivity contribution >= 4 is 34.7 Å². The van der Waals surface area contributed by atoms with Crippen molar-refractivity contribution in [3.8, 4) is 0 Å². The van der Waals surface area contributed by atoms with Crippen LogP contribution in [0.25, 0.3) is 11.0 Å². The normalized spacial score (nSPS) is 19.5. The van der Waals surface area contributed by atoms with Crippen LogP contribution in [0.15, 0.2) is 24.3 Å². The maximum atomic E-state index is 13.3. The van der Waals surface area contributed by atoms with E-state index in [0.717, 1.165) is 29.7 Å². The lowest BCUT2D eigenvalue weighted by Gasteiger charge is -2.38. The number of ether oxygens (including phenoxy) is 1. The van der Waals surface area contributed by atoms with Crippen LogP contribution in [0.3, 0.4) is 0 Å². The van der Waals surface area contributed by atoms with E-state index < -0.39 is 0 Å². The standard InChI is InChI=1S/C20H25N5O3/c1-3-28-20(27)24-10-6-7-14(13-24)19(26)25-12-11-23(2)17-18(25)22-16-9-5-4-8-15(16)21-17/h4-5,8-9,14H,3,6-7,10-13H2,1-2H3/t14-/m1/s1. The van der Waals surface area contributed by atoms with E-state index in [1.807, 2.05) is 36.2 Å². The summed E-state index contributed by atoms with van der Waals surface area (Å²) in [4.78, 5) is 40.3. The molecule has 0 N–H and O–H groups in total. The minimum absolute atomic E-state index is 0.00734. The molecule has 1 aromatic carbocycles. The van der Waals surface area contributed by atoms with Crippen molar-refractivity contribution in [3.63, 3.8) is 0 Å². The van der Waals surface area contributed by atoms with Gasteiger partial charge in [-0.1, -0.05) is 12.1 Å². The minimum atomic E-state index is -0.343. The summed E-state index contributed by atoms with van der Waals surface area (Å²) in [5.41, 5.74) is 1.58. The Kier molecular flexibility index (Phi) is 5.02. The van der Waals surface area contributed by atoms with Gasteiger partial charge in [-0.2, -0.15) is 0 Å². The van der Waals surface area contributed by atoms with Gasteiger partial charge in [0.05, 0.1) is 23.6 Å². The molecule has 0 radical (unpaired) electrons. The molecule has 2 aliphatic rings. The molecule has 0 saturated carbocycles. The van der Waals surface area contributed by atoms with Crippen molar-refractivity contribution in [1.29, 1.82) is 0 Å². The summed E-state index contributed by atoms with van der Waals surface area (Å²) in [6.07, 6.45) is 1.21. The lowest BCUT2D eigenvalue weighted by molar-refractivity contribution is -0.123. The molecule has 4 rings (SSSR count). The fourth-order valence-electron chi connectivity index (χ4n) is 3.87. The second-order valence-corrected chi connectivity index (χ2v) is 7.26. The number of aromatic nitrogens is 2. The van der Waals surface area contributed by atoms with Crippen LogP contribution in [0.1, 0.15) is 19.8 Å². The predicted octanol–water partition coefficient (Wildman–Crippen LogP) is 2.28. The van der Waals surface area contributed by atoms with Crippen molar-refractivity contribution in [2.45, 2.75) is 19.8 Å². The van der Waals surface area contributed by atoms with E-state index in [1.165, 1.54) is 0 Å². The largest absolute Gasteiger partial charge is 0.450 e. The molecule has 8 heteroatoms. The first kappa shape index (κ1) is 18.5. The van der Waals surface area contributed by atoms with Gasteiger partial charge in [0.15, 0.2) is 11.6 Å². The van der Waals surface area contributed by atoms with Gasteiger partial charge in [0.25, 0.3) is 0 Å². The second-order valence-electron chi connectivity index (χ2n) is 7.26. The molecule has 8 nitrogen and oxygen atoms in total. The molecule has 1 saturated heterocycles. The molecule has 1 atom stereocenters. The number of anilines is 2. The molecular weight excluding hydrogens is 358 g/mol. The summed E-state index contributed by atoms with van der Waals surface area (Å²) in [6.45, 7) is 4.40. The number of carbonyl (C=O) groups excluding carboxylic acids is 2. The number of likely N-dealkylation sites (N-methyl/N-ethyl adjacent to an activating group) is 1. The molecule has 0 spiro atoms. The summed E-state index contributed by atoms with van der Waals surface area (Å²) in [5, 5.41) is 0. The zero-order chi connectivity index (χ0) is 19.7. The third kappa shape index (κ3) is 3.34. The van der Waals surface area contributed by atoms with Crippen LogP contribution >= 0.6 is 0 Å². The van der Waals surface area contributed by atoms with Gasteiger partial charge in [-0.25, -0.2) is 14.8 Å². The zero-order valence-corrected chi connectivity index (χ0v) is 16.3. The van der Waals surface area contributed by atoms with Crippen molar-refractivity contribution < 1.29 is 14.3 Å². The van der Waals surface area contributed by atoms with Crippen LogP contribution in [0.5, 0.6) is 0 Å². The molecule has 2 aliphatic heterocycles. The monoisotopic (exact) mass is 383 g/mol. The number of para-hydroxylation sites is 2. The Labute approximate surface area is 164 Å². The molecule has 1 fully saturated rings. The number of nitrogens with zero attached hydrogens (tertiary/aromatic N) is 5. The highest BCUT2D eigenvalue weighted by Crippen LogP contribution is 2.32. The zero-order valence-electron chi connectivity index (χ0n) is 16.3. The lowest BCUT2D eigenvalue weighted by Crippen LogP contribution is -2.50. The van der Waals surface area contributed by atoms with Crippen LogP contribution in [-0.2, 0) is 9.53 Å². The van der Waals surface area contributed by atoms with Gasteiger partial charge in [-0.3, -0.25) is 9.69 Å². The highest BCUT2D eigenvalue weighted by Gasteiger charge is 2.36. The molecule has 0 aliphatic carbocycles. The Bertz CT molecular complexity index is 903. The van der Waals surface area contributed by atoms with E-state index in [4.69, 9.17) is 14.7 Å². The van der Waals surface area contributed by atoms with Gasteiger partial charge < -0.3 is 14.5 Å². The van der Waals surface area contributed by atoms with Crippen LogP contribution in [-0.4, -0.2) is 66.7 Å². The number of rotatable bonds is 2. The topological polar surface area (TPSA) is 78.9 Å². The molecule has 0 bridgehead atoms. The van der Waals surface area contributed by atoms with Gasteiger partial charge in [0, 0.05) is 33.2 Å². The van der Waals surface area contributed by atoms with Crippen molar-refractivity contribution in [2.75, 3.05) is 49.6 Å². The third-order valence-corrected chi connectivity index (χ3v) is 5.37. The summed E-state index contributed by atoms with van der Waals surface area (Å²) in [6, 6.07) is 7.68. The predicted molar refractivity (Wildman–Crippen MR) is 106 cm³/mol. The summed E-state index contributed by atoms with van der Waals surface area (Å²) in [5.74, 6) is 1.08. The molecular formula is C20H25N5O3. The van der Waals surface area contributed by atoms with Crippen LogP contribution in [0.2, 0.25) is 0 Å². The third-order valence-electron chi connectivity index (χ3n) is 5.37. The van der Waals surface area contributed by atoms with E-state index in [9.17, 15) is 9.59 Å². The highest BCUT2D eigenvalue weighted by atomic mass is 16.6. The molecule has 2 aromatic rings. The van der Waals surface area contributed by atoms with E-state index in [-0.39, 0.29) is 17.9 Å². The molecule has 3 heterocycles. The number of likely N-dealkylation sites (tertiary alicyclic amines) is 1. The smallest absolute Gasteiger partial charge is 0.409 e. The summed E-state index contributed by atoms with van der Waals surface area (Å²) in [7, 11) is 1.97. The Hall–Kier alpha value is -2.90. The Balaban J connectivity index is 1.61. The van der Waals surface area contributed by atoms with Crippen LogP contribution in [0.4, 0.5) is 16.4 Å². The number of hydrogen-bond donors (Lipinski definition) is 0. The van der Waals surface area contributed by atoms with Gasteiger partial charge in [-0.05, 0) is 31.9 Å². The van der Waals surface area contributed by atoms with Crippen molar-refractivity contribution in [1.82, 2.24) is 14.9 Å². The average molecular weight is 383 g/mol. The Morgan fingerprint density at radius 1 is 1.11 bits per heavy atom. The van der Waals surface area contributed by atoms with E-state index in [2.05, 4.69) is 0 Å². The maximum Gasteiger partial charge on any atom is 0.409 e. The van der Waals surface area contributed by atoms with Crippen LogP contribution in [0, 0.1) is 5.92 Å². The first-order valence-electron chi connectivity index (χ1n) is 9.79. The number of hydrogen-bond acceptors (Lipinski definition) is 6. The minimum Gasteiger partial charge on any atom is -0.450 e. The first-order valence-corrected chi connectivity index (χ1v) is 9.79. The Morgan fingerprint density at radius 3 is 2.54 bits per heavy atom. The molecule has 148 valence electrons. The number of piperidine rings is 1. The summed E-state index contributed by atoms with van der Waals surface area (Å²) < 4.78 is 5.11. The first-order chi connectivity index (χ1) is 13.6. The second kappa shape index (κ2) is 7.61. The number of amides is 2. The Morgan fingerprint density at radius 2 is 1.82 bits per heavy atom. The SMILES string of the molecule is CCOC(=O)N1CCC[C@@H](C(=O)N2CCN(C)c3nc4ccccc4nc32)C1. The number of carbonyl (C=O) groups is 2. The van der Waals surface area contributed by atoms with E-state index >= 15 is 0 Å². The maximum absolute atomic E-state index is 13.3. The van der Waals surface area contributed by atoms with E-state index in [0.29, 0.717) is 38.6 Å². The number of fused-ring (bicyclic) bond motifs is 2. The van der Waals surface area contributed by atoms with Crippen molar-refractivity contribution in [3.05, 3.63) is 24.3 Å². The average Bonchev–Trinajstić information content (AvgIpc) is 2.73. The fourth-order valence-corrected chi connectivity index (χ4v) is 3.87. The highest BCUT2D eigenvalue weighted by molar-refractivity contribution is 5.99. The fraction of sp³-hybridized carbons (Fsp3) is 0.500. The van der Waals surface area contributed by atoms with Crippen molar-refractivity contribution in [2.24, 2.45) is 5.92 Å². The van der Waals surface area contributed by atoms with Gasteiger partial charge >= 0.3 is 6.09 Å². The molecule has 0 unspecified atom stereocenters. The molecule has 28 heavy (non-hydrogen) atoms. The lowest BCUT2D eigenvalue weighted by atomic mass is 9.96. The molecule has 1 aromatic heterocycles. The van der Waals surface area contributed by atoms with Crippen LogP contribution < -0.4 is 9.80 Å². The number of benzene rings is 1.